The Morgan fingerprint density at radius 3 is 2.72 bits per heavy atom. The first kappa shape index (κ1) is 21.5. The van der Waals surface area contributed by atoms with Crippen LogP contribution in [0.3, 0.4) is 0 Å². The van der Waals surface area contributed by atoms with E-state index in [4.69, 9.17) is 4.52 Å². The lowest BCUT2D eigenvalue weighted by Gasteiger charge is -2.11. The lowest BCUT2D eigenvalue weighted by Crippen LogP contribution is -2.23. The Labute approximate surface area is 180 Å². The van der Waals surface area contributed by atoms with Crippen molar-refractivity contribution in [3.05, 3.63) is 52.8 Å². The second-order valence-electron chi connectivity index (χ2n) is 5.89. The van der Waals surface area contributed by atoms with Crippen molar-refractivity contribution in [3.63, 3.8) is 0 Å². The maximum absolute atomic E-state index is 12.6. The molecule has 1 heterocycles. The van der Waals surface area contributed by atoms with Gasteiger partial charge in [-0.2, -0.15) is 4.98 Å². The largest absolute Gasteiger partial charge is 0.338 e. The molecule has 1 amide bonds. The Kier molecular flexibility index (Phi) is 6.73. The van der Waals surface area contributed by atoms with Gasteiger partial charge in [0.2, 0.25) is 27.6 Å². The monoisotopic (exact) mass is 496 g/mol. The summed E-state index contributed by atoms with van der Waals surface area (Å²) in [5.41, 5.74) is 1.17. The molecule has 0 aliphatic rings. The van der Waals surface area contributed by atoms with E-state index < -0.39 is 10.0 Å². The van der Waals surface area contributed by atoms with Gasteiger partial charge in [0, 0.05) is 21.9 Å². The van der Waals surface area contributed by atoms with Crippen LogP contribution in [0, 0.1) is 0 Å². The van der Waals surface area contributed by atoms with Crippen molar-refractivity contribution in [1.82, 2.24) is 14.9 Å². The summed E-state index contributed by atoms with van der Waals surface area (Å²) in [6, 6.07) is 11.9. The molecule has 0 aliphatic carbocycles. The van der Waals surface area contributed by atoms with Gasteiger partial charge in [-0.3, -0.25) is 4.79 Å². The fourth-order valence-corrected chi connectivity index (χ4v) is 4.39. The van der Waals surface area contributed by atoms with Crippen molar-refractivity contribution in [2.75, 3.05) is 11.6 Å². The van der Waals surface area contributed by atoms with E-state index in [1.165, 1.54) is 30.8 Å². The lowest BCUT2D eigenvalue weighted by molar-refractivity contribution is -0.114. The van der Waals surface area contributed by atoms with Crippen LogP contribution in [-0.4, -0.2) is 30.7 Å². The smallest absolute Gasteiger partial charge is 0.242 e. The number of thioether (sulfide) groups is 1. The normalized spacial score (nSPS) is 11.4. The zero-order valence-corrected chi connectivity index (χ0v) is 18.7. The van der Waals surface area contributed by atoms with Crippen LogP contribution in [0.4, 0.5) is 5.69 Å². The van der Waals surface area contributed by atoms with Crippen molar-refractivity contribution in [2.24, 2.45) is 0 Å². The number of benzene rings is 2. The quantitative estimate of drug-likeness (QED) is 0.479. The Balaban J connectivity index is 1.76. The number of hydrogen-bond acceptors (Lipinski definition) is 7. The molecule has 3 aromatic rings. The predicted molar refractivity (Wildman–Crippen MR) is 114 cm³/mol. The fraction of sp³-hybridized carbons (Fsp3) is 0.167. The van der Waals surface area contributed by atoms with Crippen LogP contribution in [0.5, 0.6) is 0 Å². The third-order valence-electron chi connectivity index (χ3n) is 3.76. The maximum atomic E-state index is 12.6. The molecule has 2 aromatic carbocycles. The highest BCUT2D eigenvalue weighted by atomic mass is 79.9. The average Bonchev–Trinajstić information content (AvgIpc) is 3.15. The number of hydrogen-bond donors (Lipinski definition) is 2. The molecule has 152 valence electrons. The standard InChI is InChI=1S/C18H17BrN4O4S2/c1-11(24)21-15-9-14(6-7-16(15)28-2)29(25,26)20-10-17-22-18(23-27-17)12-4-3-5-13(19)8-12/h3-9,20H,10H2,1-2H3,(H,21,24). The summed E-state index contributed by atoms with van der Waals surface area (Å²) >= 11 is 4.78. The minimum atomic E-state index is -3.85. The Morgan fingerprint density at radius 1 is 1.24 bits per heavy atom. The lowest BCUT2D eigenvalue weighted by atomic mass is 10.2. The number of sulfonamides is 1. The highest BCUT2D eigenvalue weighted by Gasteiger charge is 2.18. The minimum Gasteiger partial charge on any atom is -0.338 e. The highest BCUT2D eigenvalue weighted by molar-refractivity contribution is 9.10. The molecule has 0 atom stereocenters. The summed E-state index contributed by atoms with van der Waals surface area (Å²) < 4.78 is 33.7. The number of nitrogens with one attached hydrogen (secondary N) is 2. The molecule has 8 nitrogen and oxygen atoms in total. The molecule has 0 spiro atoms. The van der Waals surface area contributed by atoms with E-state index in [0.29, 0.717) is 11.5 Å². The molecule has 0 radical (unpaired) electrons. The minimum absolute atomic E-state index is 0.0192. The van der Waals surface area contributed by atoms with E-state index in [0.717, 1.165) is 14.9 Å². The number of amides is 1. The summed E-state index contributed by atoms with van der Waals surface area (Å²) in [6.45, 7) is 1.20. The van der Waals surface area contributed by atoms with E-state index in [-0.39, 0.29) is 23.2 Å². The van der Waals surface area contributed by atoms with Crippen LogP contribution in [0.25, 0.3) is 11.4 Å². The van der Waals surface area contributed by atoms with E-state index in [2.05, 4.69) is 36.1 Å². The second-order valence-corrected chi connectivity index (χ2v) is 9.42. The highest BCUT2D eigenvalue weighted by Crippen LogP contribution is 2.28. The molecule has 11 heteroatoms. The SMILES string of the molecule is CSc1ccc(S(=O)(=O)NCc2nc(-c3cccc(Br)c3)no2)cc1NC(C)=O. The zero-order valence-electron chi connectivity index (χ0n) is 15.5. The molecular formula is C18H17BrN4O4S2. The molecule has 0 saturated heterocycles. The molecule has 29 heavy (non-hydrogen) atoms. The van der Waals surface area contributed by atoms with Gasteiger partial charge in [-0.1, -0.05) is 33.2 Å². The number of rotatable bonds is 7. The molecule has 0 saturated carbocycles. The Morgan fingerprint density at radius 2 is 2.03 bits per heavy atom. The van der Waals surface area contributed by atoms with E-state index >= 15 is 0 Å². The molecule has 0 aliphatic heterocycles. The first-order valence-electron chi connectivity index (χ1n) is 8.32. The Hall–Kier alpha value is -2.21. The van der Waals surface area contributed by atoms with E-state index in [1.807, 2.05) is 30.5 Å². The third-order valence-corrected chi connectivity index (χ3v) is 6.44. The van der Waals surface area contributed by atoms with Crippen molar-refractivity contribution < 1.29 is 17.7 Å². The van der Waals surface area contributed by atoms with Gasteiger partial charge in [0.15, 0.2) is 0 Å². The van der Waals surface area contributed by atoms with Crippen LogP contribution in [0.1, 0.15) is 12.8 Å². The number of carbonyl (C=O) groups excluding carboxylic acids is 1. The first-order valence-corrected chi connectivity index (χ1v) is 11.8. The van der Waals surface area contributed by atoms with Gasteiger partial charge in [0.25, 0.3) is 0 Å². The van der Waals surface area contributed by atoms with Crippen LogP contribution in [0.2, 0.25) is 0 Å². The number of aromatic nitrogens is 2. The zero-order chi connectivity index (χ0) is 21.0. The summed E-state index contributed by atoms with van der Waals surface area (Å²) in [5, 5.41) is 6.52. The summed E-state index contributed by atoms with van der Waals surface area (Å²) in [6.07, 6.45) is 1.84. The molecule has 0 unspecified atom stereocenters. The average molecular weight is 497 g/mol. The van der Waals surface area contributed by atoms with Crippen LogP contribution in [0.15, 0.2) is 61.3 Å². The molecule has 2 N–H and O–H groups in total. The van der Waals surface area contributed by atoms with Crippen LogP contribution in [-0.2, 0) is 21.4 Å². The topological polar surface area (TPSA) is 114 Å². The Bertz CT molecular complexity index is 1150. The first-order chi connectivity index (χ1) is 13.8. The van der Waals surface area contributed by atoms with Crippen molar-refractivity contribution >= 4 is 49.3 Å². The number of halogens is 1. The van der Waals surface area contributed by atoms with Gasteiger partial charge in [0.05, 0.1) is 17.1 Å². The summed E-state index contributed by atoms with van der Waals surface area (Å²) in [5.74, 6) is 0.206. The van der Waals surface area contributed by atoms with E-state index in [1.54, 1.807) is 6.07 Å². The molecule has 1 aromatic heterocycles. The van der Waals surface area contributed by atoms with Crippen LogP contribution < -0.4 is 10.0 Å². The number of nitrogens with zero attached hydrogens (tertiary/aromatic N) is 2. The predicted octanol–water partition coefficient (Wildman–Crippen LogP) is 3.66. The number of carbonyl (C=O) groups is 1. The third kappa shape index (κ3) is 5.44. The van der Waals surface area contributed by atoms with Crippen LogP contribution >= 0.6 is 27.7 Å². The van der Waals surface area contributed by atoms with Gasteiger partial charge in [0.1, 0.15) is 0 Å². The number of anilines is 1. The van der Waals surface area contributed by atoms with Gasteiger partial charge >= 0.3 is 0 Å². The molecular weight excluding hydrogens is 480 g/mol. The van der Waals surface area contributed by atoms with Gasteiger partial charge in [-0.25, -0.2) is 13.1 Å². The maximum Gasteiger partial charge on any atom is 0.242 e. The van der Waals surface area contributed by atoms with E-state index in [9.17, 15) is 13.2 Å². The van der Waals surface area contributed by atoms with Crippen molar-refractivity contribution in [3.8, 4) is 11.4 Å². The van der Waals surface area contributed by atoms with Crippen molar-refractivity contribution in [1.29, 1.82) is 0 Å². The van der Waals surface area contributed by atoms with Gasteiger partial charge < -0.3 is 9.84 Å². The fourth-order valence-electron chi connectivity index (χ4n) is 2.45. The molecule has 3 rings (SSSR count). The van der Waals surface area contributed by atoms with Crippen molar-refractivity contribution in [2.45, 2.75) is 23.3 Å². The second kappa shape index (κ2) is 9.08. The summed E-state index contributed by atoms with van der Waals surface area (Å²) in [4.78, 5) is 16.4. The molecule has 0 fully saturated rings. The summed E-state index contributed by atoms with van der Waals surface area (Å²) in [7, 11) is -3.85. The van der Waals surface area contributed by atoms with Gasteiger partial charge in [-0.15, -0.1) is 11.8 Å². The molecule has 0 bridgehead atoms. The van der Waals surface area contributed by atoms with Gasteiger partial charge in [-0.05, 0) is 36.6 Å².